The molecule has 4 aromatic rings. The smallest absolute Gasteiger partial charge is 0.305 e. The molecule has 0 radical (unpaired) electrons. The SMILES string of the molecule is C.COC(=O)CC[C@@H]1N=C(c2ccccn2)c2cc(Br)c(Br)cc2CC1=O.COC(=O)CC[C@@H]1N=C(c2ccccn2)c2cc(Br)c(Br)cc2N=C1CC[C@H](C)O.C[C@@H](O)CN.O=P(Cl)(N1CCOCC1)N1CCOCC1. The number of methoxy groups -OCH3 is 2. The van der Waals surface area contributed by atoms with Crippen LogP contribution in [0.4, 0.5) is 5.69 Å². The third-order valence-corrected chi connectivity index (χ3v) is 19.2. The van der Waals surface area contributed by atoms with Gasteiger partial charge in [0.1, 0.15) is 6.04 Å². The molecule has 6 heterocycles. The highest BCUT2D eigenvalue weighted by Gasteiger charge is 2.37. The molecule has 2 aromatic carbocycles. The van der Waals surface area contributed by atoms with Crippen LogP contribution in [0.2, 0.25) is 0 Å². The number of fused-ring (bicyclic) bond motifs is 2. The maximum atomic E-state index is 12.7. The highest BCUT2D eigenvalue weighted by Crippen LogP contribution is 2.58. The summed E-state index contributed by atoms with van der Waals surface area (Å²) < 4.78 is 39.6. The van der Waals surface area contributed by atoms with E-state index in [0.717, 1.165) is 57.4 Å². The average Bonchev–Trinajstić information content (AvgIpc) is 3.68. The first-order valence-electron chi connectivity index (χ1n) is 24.6. The van der Waals surface area contributed by atoms with E-state index in [0.29, 0.717) is 96.2 Å². The molecule has 0 saturated carbocycles. The number of aliphatic hydroxyl groups is 2. The maximum absolute atomic E-state index is 12.7. The van der Waals surface area contributed by atoms with Crippen LogP contribution in [-0.2, 0) is 44.3 Å². The summed E-state index contributed by atoms with van der Waals surface area (Å²) in [6.45, 7) is 5.96. The van der Waals surface area contributed by atoms with Crippen molar-refractivity contribution in [2.24, 2.45) is 20.7 Å². The number of esters is 2. The molecule has 77 heavy (non-hydrogen) atoms. The second-order valence-electron chi connectivity index (χ2n) is 17.7. The largest absolute Gasteiger partial charge is 0.469 e. The molecule has 24 heteroatoms. The van der Waals surface area contributed by atoms with E-state index in [9.17, 15) is 24.1 Å². The van der Waals surface area contributed by atoms with Crippen molar-refractivity contribution in [3.05, 3.63) is 119 Å². The molecule has 4 atom stereocenters. The van der Waals surface area contributed by atoms with Gasteiger partial charge in [-0.25, -0.2) is 9.34 Å². The fourth-order valence-corrected chi connectivity index (χ4v) is 11.8. The minimum absolute atomic E-state index is 0. The number of hydrogen-bond acceptors (Lipinski definition) is 16. The van der Waals surface area contributed by atoms with Crippen LogP contribution in [0.5, 0.6) is 0 Å². The number of ketones is 1. The van der Waals surface area contributed by atoms with Gasteiger partial charge in [0.05, 0.1) is 87.4 Å². The Hall–Kier alpha value is -3.48. The molecule has 0 spiro atoms. The second kappa shape index (κ2) is 33.3. The Morgan fingerprint density at radius 3 is 1.68 bits per heavy atom. The third-order valence-electron chi connectivity index (χ3n) is 12.0. The van der Waals surface area contributed by atoms with Crippen molar-refractivity contribution < 1.29 is 48.1 Å². The predicted molar refractivity (Wildman–Crippen MR) is 316 cm³/mol. The van der Waals surface area contributed by atoms with Gasteiger partial charge in [-0.05, 0) is 169 Å². The van der Waals surface area contributed by atoms with Crippen LogP contribution in [0.25, 0.3) is 0 Å². The van der Waals surface area contributed by atoms with E-state index in [4.69, 9.17) is 51.3 Å². The number of aromatic nitrogens is 2. The molecule has 0 unspecified atom stereocenters. The van der Waals surface area contributed by atoms with Crippen molar-refractivity contribution in [1.29, 1.82) is 0 Å². The van der Waals surface area contributed by atoms with Gasteiger partial charge in [-0.15, -0.1) is 0 Å². The summed E-state index contributed by atoms with van der Waals surface area (Å²) in [5, 5.41) is 18.0. The van der Waals surface area contributed by atoms with Gasteiger partial charge in [0.2, 0.25) is 0 Å². The summed E-state index contributed by atoms with van der Waals surface area (Å²) in [7, 11) is 2.72. The molecule has 0 amide bonds. The zero-order valence-corrected chi connectivity index (χ0v) is 50.8. The normalized spacial score (nSPS) is 18.3. The monoisotopic (exact) mass is 1360 g/mol. The van der Waals surface area contributed by atoms with Gasteiger partial charge in [0, 0.05) is 99.1 Å². The number of benzene rings is 2. The first kappa shape index (κ1) is 66.0. The lowest BCUT2D eigenvalue weighted by Crippen LogP contribution is -2.41. The van der Waals surface area contributed by atoms with Crippen LogP contribution in [0.3, 0.4) is 0 Å². The zero-order chi connectivity index (χ0) is 55.4. The van der Waals surface area contributed by atoms with Crippen molar-refractivity contribution in [2.45, 2.75) is 90.5 Å². The van der Waals surface area contributed by atoms with Gasteiger partial charge in [-0.1, -0.05) is 19.6 Å². The van der Waals surface area contributed by atoms with Crippen LogP contribution in [0, 0.1) is 0 Å². The number of carbonyl (C=O) groups is 3. The van der Waals surface area contributed by atoms with Gasteiger partial charge in [0.15, 0.2) is 5.78 Å². The van der Waals surface area contributed by atoms with Crippen LogP contribution in [0.1, 0.15) is 87.9 Å². The number of morpholine rings is 2. The Bertz CT molecular complexity index is 2690. The Morgan fingerprint density at radius 2 is 1.21 bits per heavy atom. The number of Topliss-reactive ketones (excluding diaryl/α,β-unsaturated/α-hetero) is 1. The van der Waals surface area contributed by atoms with Gasteiger partial charge >= 0.3 is 18.7 Å². The molecule has 420 valence electrons. The van der Waals surface area contributed by atoms with E-state index < -0.39 is 18.9 Å². The zero-order valence-electron chi connectivity index (χ0n) is 42.8. The van der Waals surface area contributed by atoms with Gasteiger partial charge < -0.3 is 34.9 Å². The maximum Gasteiger partial charge on any atom is 0.305 e. The minimum atomic E-state index is -2.86. The van der Waals surface area contributed by atoms with Crippen molar-refractivity contribution in [1.82, 2.24) is 19.3 Å². The molecular weight excluding hydrogens is 1290 g/mol. The topological polar surface area (TPSA) is 241 Å². The summed E-state index contributed by atoms with van der Waals surface area (Å²) in [5.74, 6) is -0.651. The van der Waals surface area contributed by atoms with Crippen LogP contribution >= 0.6 is 81.8 Å². The summed E-state index contributed by atoms with van der Waals surface area (Å²) in [5.41, 5.74) is 12.0. The number of rotatable bonds is 14. The number of nitrogens with zero attached hydrogens (tertiary/aromatic N) is 7. The Labute approximate surface area is 489 Å². The molecule has 2 saturated heterocycles. The lowest BCUT2D eigenvalue weighted by atomic mass is 9.97. The predicted octanol–water partition coefficient (Wildman–Crippen LogP) is 9.86. The standard InChI is InChI=1S/C22H23Br2N3O3.C19H16Br2N2O3.C8H16ClN2O3P.C3H9NO.CH4/c1-13(28)6-7-17-18(8-9-21(29)30-2)27-22(19-5-3-4-10-25-19)14-11-15(23)16(24)12-20(14)26-17;1-26-18(25)6-5-15-17(24)9-11-8-13(20)14(21)10-12(11)19(23-15)16-4-2-3-7-22-16;9-15(12,10-1-5-13-6-2-10)11-3-7-14-8-4-11;1-3(5)2-4;/h3-5,10-13,18,28H,6-9H2,1-2H3;2-4,7-8,10,15H,5-6,9H2,1H3;1-8H2;3,5H,2,4H2,1H3;1H4/t13-,18-;15-;;3-;/m00.1./s1. The number of hydrogen-bond donors (Lipinski definition) is 3. The van der Waals surface area contributed by atoms with E-state index in [1.165, 1.54) is 14.2 Å². The highest BCUT2D eigenvalue weighted by atomic mass is 79.9. The van der Waals surface area contributed by atoms with E-state index in [2.05, 4.69) is 78.4 Å². The van der Waals surface area contributed by atoms with E-state index in [1.807, 2.05) is 70.0 Å². The minimum Gasteiger partial charge on any atom is -0.469 e. The average molecular weight is 1360 g/mol. The fraction of sp³-hybridized carbons (Fsp3) is 0.472. The molecule has 18 nitrogen and oxygen atoms in total. The highest BCUT2D eigenvalue weighted by molar-refractivity contribution is 9.13. The summed E-state index contributed by atoms with van der Waals surface area (Å²) in [4.78, 5) is 59.6. The number of pyridine rings is 2. The molecule has 4 aliphatic rings. The van der Waals surface area contributed by atoms with Gasteiger partial charge in [-0.3, -0.25) is 43.9 Å². The van der Waals surface area contributed by atoms with Crippen LogP contribution in [0.15, 0.2) is 106 Å². The number of aliphatic imine (C=N–C) groups is 3. The van der Waals surface area contributed by atoms with Crippen molar-refractivity contribution in [2.75, 3.05) is 73.4 Å². The number of nitrogens with two attached hydrogens (primary N) is 1. The first-order chi connectivity index (χ1) is 36.4. The Morgan fingerprint density at radius 1 is 0.753 bits per heavy atom. The van der Waals surface area contributed by atoms with Crippen LogP contribution < -0.4 is 5.73 Å². The van der Waals surface area contributed by atoms with Gasteiger partial charge in [-0.2, -0.15) is 0 Å². The summed E-state index contributed by atoms with van der Waals surface area (Å²) >= 11 is 20.3. The molecule has 2 fully saturated rings. The van der Waals surface area contributed by atoms with Gasteiger partial charge in [0.25, 0.3) is 0 Å². The quantitative estimate of drug-likeness (QED) is 0.0786. The molecule has 0 bridgehead atoms. The van der Waals surface area contributed by atoms with Crippen LogP contribution in [-0.4, -0.2) is 162 Å². The second-order valence-corrected chi connectivity index (χ2v) is 24.5. The van der Waals surface area contributed by atoms with E-state index in [-0.39, 0.29) is 56.6 Å². The number of carbonyl (C=O) groups excluding carboxylic acids is 3. The van der Waals surface area contributed by atoms with Crippen molar-refractivity contribution in [3.63, 3.8) is 0 Å². The molecule has 4 N–H and O–H groups in total. The fourth-order valence-electron chi connectivity index (χ4n) is 7.85. The first-order valence-corrected chi connectivity index (χ1v) is 30.3. The lowest BCUT2D eigenvalue weighted by Gasteiger charge is -2.38. The molecule has 2 aromatic heterocycles. The summed E-state index contributed by atoms with van der Waals surface area (Å²) in [6, 6.07) is 18.2. The van der Waals surface area contributed by atoms with E-state index >= 15 is 0 Å². The molecule has 0 aliphatic carbocycles. The molecule has 4 aliphatic heterocycles. The Balaban J connectivity index is 0.000000247. The third kappa shape index (κ3) is 20.2. The molecule has 8 rings (SSSR count). The lowest BCUT2D eigenvalue weighted by molar-refractivity contribution is -0.141. The number of halogens is 5. The summed E-state index contributed by atoms with van der Waals surface area (Å²) in [6.07, 6.45) is 5.21. The van der Waals surface area contributed by atoms with Crippen molar-refractivity contribution >= 4 is 122 Å². The molecular formula is C53H68Br4ClN8O10P. The van der Waals surface area contributed by atoms with E-state index in [1.54, 1.807) is 26.2 Å². The number of aliphatic hydroxyl groups excluding tert-OH is 2. The number of ether oxygens (including phenoxy) is 4. The van der Waals surface area contributed by atoms with Crippen molar-refractivity contribution in [3.8, 4) is 0 Å². The Kier molecular flexibility index (Phi) is 28.6.